The van der Waals surface area contributed by atoms with Gasteiger partial charge in [-0.05, 0) is 18.2 Å². The highest BCUT2D eigenvalue weighted by molar-refractivity contribution is 7.10. The Balaban J connectivity index is 1.96. The Labute approximate surface area is 112 Å². The van der Waals surface area contributed by atoms with Crippen LogP contribution in [0.4, 0.5) is 14.5 Å². The van der Waals surface area contributed by atoms with Crippen LogP contribution in [0.15, 0.2) is 35.7 Å². The van der Waals surface area contributed by atoms with Gasteiger partial charge in [-0.25, -0.2) is 0 Å². The minimum atomic E-state index is -2.81. The molecule has 0 atom stereocenters. The summed E-state index contributed by atoms with van der Waals surface area (Å²) in [7, 11) is 0. The number of anilines is 1. The van der Waals surface area contributed by atoms with Crippen molar-refractivity contribution in [3.8, 4) is 5.75 Å². The number of rotatable bonds is 5. The minimum Gasteiger partial charge on any atom is -0.435 e. The predicted molar refractivity (Wildman–Crippen MR) is 69.7 cm³/mol. The van der Waals surface area contributed by atoms with Crippen LogP contribution in [0.3, 0.4) is 0 Å². The van der Waals surface area contributed by atoms with E-state index in [0.717, 1.165) is 10.6 Å². The Hall–Kier alpha value is -1.33. The molecule has 1 N–H and O–H groups in total. The van der Waals surface area contributed by atoms with E-state index < -0.39 is 6.61 Å². The molecule has 0 fully saturated rings. The highest BCUT2D eigenvalue weighted by atomic mass is 35.5. The Morgan fingerprint density at radius 2 is 2.17 bits per heavy atom. The maximum Gasteiger partial charge on any atom is 0.387 e. The van der Waals surface area contributed by atoms with Crippen molar-refractivity contribution in [3.63, 3.8) is 0 Å². The van der Waals surface area contributed by atoms with Crippen LogP contribution in [0.5, 0.6) is 5.75 Å². The topological polar surface area (TPSA) is 21.3 Å². The average Bonchev–Trinajstić information content (AvgIpc) is 2.72. The first kappa shape index (κ1) is 13.1. The third-order valence-corrected chi connectivity index (χ3v) is 3.43. The van der Waals surface area contributed by atoms with Gasteiger partial charge in [0.2, 0.25) is 0 Å². The molecule has 0 saturated carbocycles. The fourth-order valence-corrected chi connectivity index (χ4v) is 2.43. The summed E-state index contributed by atoms with van der Waals surface area (Å²) in [5.41, 5.74) is 0.720. The van der Waals surface area contributed by atoms with Gasteiger partial charge in [0.15, 0.2) is 0 Å². The van der Waals surface area contributed by atoms with Gasteiger partial charge >= 0.3 is 6.61 Å². The molecule has 0 saturated heterocycles. The summed E-state index contributed by atoms with van der Waals surface area (Å²) in [5, 5.41) is 5.66. The Morgan fingerprint density at radius 1 is 1.33 bits per heavy atom. The molecule has 6 heteroatoms. The summed E-state index contributed by atoms with van der Waals surface area (Å²) in [6.45, 7) is -2.22. The van der Waals surface area contributed by atoms with Crippen molar-refractivity contribution >= 4 is 28.6 Å². The molecule has 0 aliphatic carbocycles. The predicted octanol–water partition coefficient (Wildman–Crippen LogP) is 4.62. The van der Waals surface area contributed by atoms with Gasteiger partial charge in [-0.15, -0.1) is 11.3 Å². The van der Waals surface area contributed by atoms with E-state index in [4.69, 9.17) is 11.6 Å². The monoisotopic (exact) mass is 289 g/mol. The van der Waals surface area contributed by atoms with Crippen molar-refractivity contribution in [1.29, 1.82) is 0 Å². The van der Waals surface area contributed by atoms with Crippen LogP contribution in [0, 0.1) is 0 Å². The number of thiophene rings is 1. The lowest BCUT2D eigenvalue weighted by molar-refractivity contribution is -0.0498. The molecule has 0 amide bonds. The van der Waals surface area contributed by atoms with Crippen molar-refractivity contribution in [2.45, 2.75) is 13.2 Å². The standard InChI is InChI=1S/C12H10ClF2NOS/c13-8-4-11(18-7-8)6-16-9-2-1-3-10(5-9)17-12(14)15/h1-5,7,12,16H,6H2. The van der Waals surface area contributed by atoms with Crippen molar-refractivity contribution in [3.05, 3.63) is 45.6 Å². The van der Waals surface area contributed by atoms with Gasteiger partial charge in [0, 0.05) is 28.6 Å². The molecular formula is C12H10ClF2NOS. The van der Waals surface area contributed by atoms with Crippen molar-refractivity contribution in [2.24, 2.45) is 0 Å². The highest BCUT2D eigenvalue weighted by Gasteiger charge is 2.04. The first-order chi connectivity index (χ1) is 8.63. The maximum atomic E-state index is 12.1. The molecular weight excluding hydrogens is 280 g/mol. The highest BCUT2D eigenvalue weighted by Crippen LogP contribution is 2.22. The quantitative estimate of drug-likeness (QED) is 0.867. The number of halogens is 3. The van der Waals surface area contributed by atoms with Gasteiger partial charge in [0.1, 0.15) is 5.75 Å². The smallest absolute Gasteiger partial charge is 0.387 e. The molecule has 1 aromatic carbocycles. The Kier molecular flexibility index (Phi) is 4.38. The molecule has 18 heavy (non-hydrogen) atoms. The van der Waals surface area contributed by atoms with Gasteiger partial charge < -0.3 is 10.1 Å². The molecule has 2 nitrogen and oxygen atoms in total. The van der Waals surface area contributed by atoms with E-state index in [0.29, 0.717) is 11.6 Å². The van der Waals surface area contributed by atoms with Crippen LogP contribution in [-0.2, 0) is 6.54 Å². The van der Waals surface area contributed by atoms with E-state index in [-0.39, 0.29) is 5.75 Å². The van der Waals surface area contributed by atoms with Gasteiger partial charge in [0.05, 0.1) is 5.02 Å². The summed E-state index contributed by atoms with van der Waals surface area (Å²) in [6.07, 6.45) is 0. The number of benzene rings is 1. The lowest BCUT2D eigenvalue weighted by Crippen LogP contribution is -2.03. The third-order valence-electron chi connectivity index (χ3n) is 2.15. The summed E-state index contributed by atoms with van der Waals surface area (Å²) in [6, 6.07) is 8.31. The van der Waals surface area contributed by atoms with Crippen LogP contribution >= 0.6 is 22.9 Å². The SMILES string of the molecule is FC(F)Oc1cccc(NCc2cc(Cl)cs2)c1. The Morgan fingerprint density at radius 3 is 2.83 bits per heavy atom. The molecule has 0 bridgehead atoms. The lowest BCUT2D eigenvalue weighted by atomic mass is 10.3. The van der Waals surface area contributed by atoms with E-state index in [1.807, 2.05) is 11.4 Å². The number of hydrogen-bond acceptors (Lipinski definition) is 3. The average molecular weight is 290 g/mol. The zero-order chi connectivity index (χ0) is 13.0. The van der Waals surface area contributed by atoms with E-state index in [9.17, 15) is 8.78 Å². The first-order valence-corrected chi connectivity index (χ1v) is 6.41. The second-order valence-electron chi connectivity index (χ2n) is 3.49. The van der Waals surface area contributed by atoms with Crippen LogP contribution in [0.1, 0.15) is 4.88 Å². The molecule has 1 heterocycles. The minimum absolute atomic E-state index is 0.138. The largest absolute Gasteiger partial charge is 0.435 e. The number of hydrogen-bond donors (Lipinski definition) is 1. The summed E-state index contributed by atoms with van der Waals surface area (Å²) in [5.74, 6) is 0.138. The summed E-state index contributed by atoms with van der Waals surface area (Å²) >= 11 is 7.34. The second-order valence-corrected chi connectivity index (χ2v) is 4.92. The van der Waals surface area contributed by atoms with Crippen molar-refractivity contribution < 1.29 is 13.5 Å². The third kappa shape index (κ3) is 3.85. The van der Waals surface area contributed by atoms with Gasteiger partial charge in [0.25, 0.3) is 0 Å². The molecule has 0 radical (unpaired) electrons. The fraction of sp³-hybridized carbons (Fsp3) is 0.167. The number of ether oxygens (including phenoxy) is 1. The molecule has 0 aliphatic rings. The van der Waals surface area contributed by atoms with E-state index >= 15 is 0 Å². The van der Waals surface area contributed by atoms with Crippen LogP contribution in [0.2, 0.25) is 5.02 Å². The molecule has 0 unspecified atom stereocenters. The van der Waals surface area contributed by atoms with Crippen LogP contribution in [0.25, 0.3) is 0 Å². The zero-order valence-electron chi connectivity index (χ0n) is 9.20. The zero-order valence-corrected chi connectivity index (χ0v) is 10.8. The van der Waals surface area contributed by atoms with Crippen LogP contribution in [-0.4, -0.2) is 6.61 Å². The van der Waals surface area contributed by atoms with E-state index in [1.54, 1.807) is 12.1 Å². The fourth-order valence-electron chi connectivity index (χ4n) is 1.42. The molecule has 96 valence electrons. The molecule has 2 aromatic rings. The number of alkyl halides is 2. The van der Waals surface area contributed by atoms with Crippen molar-refractivity contribution in [1.82, 2.24) is 0 Å². The summed E-state index contributed by atoms with van der Waals surface area (Å²) in [4.78, 5) is 1.07. The van der Waals surface area contributed by atoms with Gasteiger partial charge in [-0.3, -0.25) is 0 Å². The van der Waals surface area contributed by atoms with Crippen molar-refractivity contribution in [2.75, 3.05) is 5.32 Å². The Bertz CT molecular complexity index is 518. The van der Waals surface area contributed by atoms with E-state index in [1.165, 1.54) is 23.5 Å². The number of nitrogens with one attached hydrogen (secondary N) is 1. The van der Waals surface area contributed by atoms with E-state index in [2.05, 4.69) is 10.1 Å². The van der Waals surface area contributed by atoms with Gasteiger partial charge in [-0.2, -0.15) is 8.78 Å². The molecule has 1 aromatic heterocycles. The second kappa shape index (κ2) is 6.02. The summed E-state index contributed by atoms with van der Waals surface area (Å²) < 4.78 is 28.4. The molecule has 0 aliphatic heterocycles. The van der Waals surface area contributed by atoms with Crippen LogP contribution < -0.4 is 10.1 Å². The maximum absolute atomic E-state index is 12.1. The first-order valence-electron chi connectivity index (χ1n) is 5.15. The van der Waals surface area contributed by atoms with Gasteiger partial charge in [-0.1, -0.05) is 17.7 Å². The lowest BCUT2D eigenvalue weighted by Gasteiger charge is -2.08. The molecule has 0 spiro atoms. The normalized spacial score (nSPS) is 10.7. The molecule has 2 rings (SSSR count).